The average molecular weight is 331 g/mol. The third-order valence-electron chi connectivity index (χ3n) is 5.06. The first kappa shape index (κ1) is 16.8. The van der Waals surface area contributed by atoms with Crippen LogP contribution in [0.25, 0.3) is 0 Å². The number of hydrogen-bond donors (Lipinski definition) is 2. The number of carbonyl (C=O) groups is 2. The molecular formula is C19H25NO4. The zero-order valence-electron chi connectivity index (χ0n) is 13.9. The quantitative estimate of drug-likeness (QED) is 0.888. The smallest absolute Gasteiger partial charge is 0.330 e. The highest BCUT2D eigenvalue weighted by atomic mass is 16.5. The number of carboxylic acids is 1. The fourth-order valence-electron chi connectivity index (χ4n) is 3.65. The monoisotopic (exact) mass is 331 g/mol. The summed E-state index contributed by atoms with van der Waals surface area (Å²) in [7, 11) is 0. The summed E-state index contributed by atoms with van der Waals surface area (Å²) in [5.74, 6) is -0.395. The van der Waals surface area contributed by atoms with Gasteiger partial charge in [-0.3, -0.25) is 4.79 Å². The number of carboxylic acid groups (broad SMARTS) is 1. The summed E-state index contributed by atoms with van der Waals surface area (Å²) in [5.41, 5.74) is 1.63. The van der Waals surface area contributed by atoms with Crippen molar-refractivity contribution in [1.29, 1.82) is 0 Å². The van der Waals surface area contributed by atoms with E-state index in [2.05, 4.69) is 5.32 Å². The molecule has 1 fully saturated rings. The third kappa shape index (κ3) is 3.89. The summed E-state index contributed by atoms with van der Waals surface area (Å²) in [4.78, 5) is 24.3. The normalized spacial score (nSPS) is 19.5. The van der Waals surface area contributed by atoms with Gasteiger partial charge in [0.15, 0.2) is 6.04 Å². The maximum Gasteiger partial charge on any atom is 0.330 e. The first-order chi connectivity index (χ1) is 11.6. The fraction of sp³-hybridized carbons (Fsp3) is 0.579. The minimum Gasteiger partial charge on any atom is -0.493 e. The predicted molar refractivity (Wildman–Crippen MR) is 90.0 cm³/mol. The summed E-state index contributed by atoms with van der Waals surface area (Å²) in [6, 6.07) is 4.39. The molecule has 1 amide bonds. The summed E-state index contributed by atoms with van der Waals surface area (Å²) < 4.78 is 5.46. The van der Waals surface area contributed by atoms with Crippen molar-refractivity contribution in [3.05, 3.63) is 29.3 Å². The van der Waals surface area contributed by atoms with Crippen LogP contribution >= 0.6 is 0 Å². The van der Waals surface area contributed by atoms with Gasteiger partial charge in [-0.25, -0.2) is 4.79 Å². The van der Waals surface area contributed by atoms with E-state index in [4.69, 9.17) is 4.74 Å². The molecule has 130 valence electrons. The van der Waals surface area contributed by atoms with Crippen LogP contribution < -0.4 is 10.1 Å². The Morgan fingerprint density at radius 3 is 2.54 bits per heavy atom. The van der Waals surface area contributed by atoms with Crippen LogP contribution in [0.1, 0.15) is 62.1 Å². The summed E-state index contributed by atoms with van der Waals surface area (Å²) >= 11 is 0. The van der Waals surface area contributed by atoms with Gasteiger partial charge in [-0.15, -0.1) is 0 Å². The van der Waals surface area contributed by atoms with Crippen molar-refractivity contribution in [1.82, 2.24) is 5.32 Å². The van der Waals surface area contributed by atoms with Gasteiger partial charge in [-0.05, 0) is 36.1 Å². The minimum absolute atomic E-state index is 0.0649. The lowest BCUT2D eigenvalue weighted by Crippen LogP contribution is -2.38. The standard InChI is InChI=1S/C19H25NO4/c21-18(13-6-4-2-1-3-5-7-13)20-17(19(22)23)15-8-9-16-14(12-15)10-11-24-16/h8-9,12-13,17H,1-7,10-11H2,(H,20,21)(H,22,23). The highest BCUT2D eigenvalue weighted by Crippen LogP contribution is 2.29. The molecule has 1 aliphatic carbocycles. The van der Waals surface area contributed by atoms with Crippen molar-refractivity contribution >= 4 is 11.9 Å². The van der Waals surface area contributed by atoms with E-state index in [0.29, 0.717) is 12.2 Å². The number of benzene rings is 1. The molecule has 0 aromatic heterocycles. The van der Waals surface area contributed by atoms with E-state index in [1.54, 1.807) is 12.1 Å². The van der Waals surface area contributed by atoms with Gasteiger partial charge in [0, 0.05) is 12.3 Å². The molecule has 1 heterocycles. The molecule has 1 aromatic rings. The second-order valence-electron chi connectivity index (χ2n) is 6.79. The summed E-state index contributed by atoms with van der Waals surface area (Å²) in [6.45, 7) is 0.630. The number of aliphatic carboxylic acids is 1. The molecule has 24 heavy (non-hydrogen) atoms. The van der Waals surface area contributed by atoms with Crippen molar-refractivity contribution in [2.75, 3.05) is 6.61 Å². The largest absolute Gasteiger partial charge is 0.493 e. The number of fused-ring (bicyclic) bond motifs is 1. The van der Waals surface area contributed by atoms with Gasteiger partial charge in [0.05, 0.1) is 6.61 Å². The van der Waals surface area contributed by atoms with Gasteiger partial charge in [0.2, 0.25) is 5.91 Å². The van der Waals surface area contributed by atoms with Crippen molar-refractivity contribution in [3.8, 4) is 5.75 Å². The Balaban J connectivity index is 1.71. The molecule has 5 heteroatoms. The Labute approximate surface area is 142 Å². The maximum atomic E-state index is 12.6. The molecule has 1 saturated carbocycles. The number of hydrogen-bond acceptors (Lipinski definition) is 3. The Hall–Kier alpha value is -2.04. The molecule has 1 aromatic carbocycles. The van der Waals surface area contributed by atoms with Crippen LogP contribution in [0.15, 0.2) is 18.2 Å². The molecule has 1 unspecified atom stereocenters. The summed E-state index contributed by atoms with van der Waals surface area (Å²) in [5, 5.41) is 12.3. The van der Waals surface area contributed by atoms with Gasteiger partial charge in [0.25, 0.3) is 0 Å². The van der Waals surface area contributed by atoms with E-state index >= 15 is 0 Å². The minimum atomic E-state index is -1.02. The van der Waals surface area contributed by atoms with E-state index in [1.807, 2.05) is 6.07 Å². The fourth-order valence-corrected chi connectivity index (χ4v) is 3.65. The molecular weight excluding hydrogens is 306 g/mol. The Morgan fingerprint density at radius 2 is 1.83 bits per heavy atom. The highest BCUT2D eigenvalue weighted by Gasteiger charge is 2.27. The van der Waals surface area contributed by atoms with Gasteiger partial charge in [-0.1, -0.05) is 38.2 Å². The molecule has 2 N–H and O–H groups in total. The topological polar surface area (TPSA) is 75.6 Å². The molecule has 2 aliphatic rings. The van der Waals surface area contributed by atoms with Crippen molar-refractivity contribution in [2.24, 2.45) is 5.92 Å². The summed E-state index contributed by atoms with van der Waals surface area (Å²) in [6.07, 6.45) is 8.16. The first-order valence-electron chi connectivity index (χ1n) is 8.94. The van der Waals surface area contributed by atoms with Crippen molar-refractivity contribution < 1.29 is 19.4 Å². The molecule has 5 nitrogen and oxygen atoms in total. The number of carbonyl (C=O) groups excluding carboxylic acids is 1. The van der Waals surface area contributed by atoms with Crippen LogP contribution in [0.3, 0.4) is 0 Å². The Bertz CT molecular complexity index is 605. The van der Waals surface area contributed by atoms with Crippen LogP contribution in [0.2, 0.25) is 0 Å². The van der Waals surface area contributed by atoms with E-state index in [1.165, 1.54) is 6.42 Å². The van der Waals surface area contributed by atoms with E-state index in [0.717, 1.165) is 56.3 Å². The number of amides is 1. The van der Waals surface area contributed by atoms with Crippen LogP contribution in [0.4, 0.5) is 0 Å². The Morgan fingerprint density at radius 1 is 1.12 bits per heavy atom. The van der Waals surface area contributed by atoms with Crippen LogP contribution in [-0.4, -0.2) is 23.6 Å². The van der Waals surface area contributed by atoms with E-state index in [9.17, 15) is 14.7 Å². The highest BCUT2D eigenvalue weighted by molar-refractivity contribution is 5.86. The lowest BCUT2D eigenvalue weighted by molar-refractivity contribution is -0.142. The zero-order chi connectivity index (χ0) is 16.9. The van der Waals surface area contributed by atoms with Crippen molar-refractivity contribution in [2.45, 2.75) is 57.4 Å². The average Bonchev–Trinajstić information content (AvgIpc) is 2.99. The first-order valence-corrected chi connectivity index (χ1v) is 8.94. The van der Waals surface area contributed by atoms with E-state index < -0.39 is 12.0 Å². The molecule has 1 aliphatic heterocycles. The lowest BCUT2D eigenvalue weighted by atomic mass is 9.90. The van der Waals surface area contributed by atoms with E-state index in [-0.39, 0.29) is 11.8 Å². The lowest BCUT2D eigenvalue weighted by Gasteiger charge is -2.22. The molecule has 3 rings (SSSR count). The van der Waals surface area contributed by atoms with Crippen molar-refractivity contribution in [3.63, 3.8) is 0 Å². The maximum absolute atomic E-state index is 12.6. The molecule has 0 bridgehead atoms. The Kier molecular flexibility index (Phi) is 5.38. The van der Waals surface area contributed by atoms with Gasteiger partial charge >= 0.3 is 5.97 Å². The van der Waals surface area contributed by atoms with Crippen LogP contribution in [-0.2, 0) is 16.0 Å². The second kappa shape index (κ2) is 7.69. The van der Waals surface area contributed by atoms with Gasteiger partial charge in [-0.2, -0.15) is 0 Å². The zero-order valence-corrected chi connectivity index (χ0v) is 13.9. The molecule has 0 radical (unpaired) electrons. The number of ether oxygens (including phenoxy) is 1. The van der Waals surface area contributed by atoms with Crippen LogP contribution in [0.5, 0.6) is 5.75 Å². The molecule has 0 spiro atoms. The number of rotatable bonds is 4. The third-order valence-corrected chi connectivity index (χ3v) is 5.06. The van der Waals surface area contributed by atoms with Crippen LogP contribution in [0, 0.1) is 5.92 Å². The second-order valence-corrected chi connectivity index (χ2v) is 6.79. The van der Waals surface area contributed by atoms with Gasteiger partial charge < -0.3 is 15.2 Å². The van der Waals surface area contributed by atoms with Gasteiger partial charge in [0.1, 0.15) is 5.75 Å². The molecule has 1 atom stereocenters. The molecule has 0 saturated heterocycles. The SMILES string of the molecule is O=C(NC(C(=O)O)c1ccc2c(c1)CCO2)C1CCCCCCC1. The number of nitrogens with one attached hydrogen (secondary N) is 1. The predicted octanol–water partition coefficient (Wildman–Crippen LogP) is 3.22.